The summed E-state index contributed by atoms with van der Waals surface area (Å²) in [6, 6.07) is 6.59. The minimum atomic E-state index is -3.37. The molecule has 7 heteroatoms. The molecule has 3 fully saturated rings. The van der Waals surface area contributed by atoms with Crippen LogP contribution in [0.25, 0.3) is 0 Å². The smallest absolute Gasteiger partial charge is 0.281 e. The first-order chi connectivity index (χ1) is 10.9. The Kier molecular flexibility index (Phi) is 4.73. The molecule has 0 spiro atoms. The molecule has 0 radical (unpaired) electrons. The maximum atomic E-state index is 13.0. The van der Waals surface area contributed by atoms with Crippen molar-refractivity contribution in [1.29, 1.82) is 0 Å². The van der Waals surface area contributed by atoms with Crippen LogP contribution in [0.2, 0.25) is 0 Å². The van der Waals surface area contributed by atoms with E-state index in [1.165, 1.54) is 16.4 Å². The summed E-state index contributed by atoms with van der Waals surface area (Å²) in [4.78, 5) is 2.31. The molecule has 5 nitrogen and oxygen atoms in total. The van der Waals surface area contributed by atoms with Crippen molar-refractivity contribution in [3.05, 3.63) is 35.6 Å². The van der Waals surface area contributed by atoms with Gasteiger partial charge in [-0.05, 0) is 36.5 Å². The molecule has 0 N–H and O–H groups in total. The topological polar surface area (TPSA) is 43.9 Å². The third-order valence-corrected chi connectivity index (χ3v) is 6.78. The molecule has 0 aromatic heterocycles. The van der Waals surface area contributed by atoms with Crippen LogP contribution in [0.1, 0.15) is 18.4 Å². The number of nitrogens with zero attached hydrogens (tertiary/aromatic N) is 3. The van der Waals surface area contributed by atoms with Crippen molar-refractivity contribution in [1.82, 2.24) is 13.5 Å². The molecule has 23 heavy (non-hydrogen) atoms. The van der Waals surface area contributed by atoms with Crippen LogP contribution in [-0.4, -0.2) is 61.7 Å². The summed E-state index contributed by atoms with van der Waals surface area (Å²) >= 11 is 0. The van der Waals surface area contributed by atoms with E-state index in [9.17, 15) is 12.8 Å². The average Bonchev–Trinajstić information content (AvgIpc) is 2.80. The van der Waals surface area contributed by atoms with E-state index in [2.05, 4.69) is 4.90 Å². The summed E-state index contributed by atoms with van der Waals surface area (Å²) in [7, 11) is -0.191. The van der Waals surface area contributed by atoms with Gasteiger partial charge in [-0.25, -0.2) is 4.39 Å². The normalized spacial score (nSPS) is 26.6. The van der Waals surface area contributed by atoms with E-state index < -0.39 is 10.2 Å². The number of halogens is 1. The molecule has 0 unspecified atom stereocenters. The highest BCUT2D eigenvalue weighted by Gasteiger charge is 2.41. The fourth-order valence-electron chi connectivity index (χ4n) is 3.61. The van der Waals surface area contributed by atoms with E-state index in [4.69, 9.17) is 0 Å². The van der Waals surface area contributed by atoms with Gasteiger partial charge in [-0.1, -0.05) is 12.1 Å². The highest BCUT2D eigenvalue weighted by atomic mass is 32.2. The maximum Gasteiger partial charge on any atom is 0.281 e. The van der Waals surface area contributed by atoms with Gasteiger partial charge < -0.3 is 0 Å². The Hall–Kier alpha value is -1.02. The van der Waals surface area contributed by atoms with Gasteiger partial charge in [0.25, 0.3) is 10.2 Å². The summed E-state index contributed by atoms with van der Waals surface area (Å²) in [5.74, 6) is 0.136. The lowest BCUT2D eigenvalue weighted by Crippen LogP contribution is -2.51. The SMILES string of the molecule is CN(C)S(=O)(=O)N1C[C@H]2CC[C@@H]1CN(Cc1ccc(F)cc1)C2. The summed E-state index contributed by atoms with van der Waals surface area (Å²) in [6.45, 7) is 2.97. The second-order valence-corrected chi connectivity index (χ2v) is 8.87. The maximum absolute atomic E-state index is 13.0. The van der Waals surface area contributed by atoms with Crippen LogP contribution in [0.5, 0.6) is 0 Å². The molecule has 3 aliphatic heterocycles. The predicted molar refractivity (Wildman–Crippen MR) is 87.5 cm³/mol. The molecule has 4 rings (SSSR count). The lowest BCUT2D eigenvalue weighted by molar-refractivity contribution is 0.216. The van der Waals surface area contributed by atoms with Crippen molar-refractivity contribution in [3.63, 3.8) is 0 Å². The van der Waals surface area contributed by atoms with Gasteiger partial charge in [0, 0.05) is 46.3 Å². The Morgan fingerprint density at radius 1 is 1.13 bits per heavy atom. The molecule has 3 heterocycles. The number of fused-ring (bicyclic) bond motifs is 4. The minimum Gasteiger partial charge on any atom is -0.297 e. The highest BCUT2D eigenvalue weighted by Crippen LogP contribution is 2.31. The summed E-state index contributed by atoms with van der Waals surface area (Å²) in [5.41, 5.74) is 1.06. The van der Waals surface area contributed by atoms with Crippen LogP contribution in [0.15, 0.2) is 24.3 Å². The predicted octanol–water partition coefficient (Wildman–Crippen LogP) is 1.53. The average molecular weight is 341 g/mol. The summed E-state index contributed by atoms with van der Waals surface area (Å²) < 4.78 is 41.1. The monoisotopic (exact) mass is 341 g/mol. The van der Waals surface area contributed by atoms with Crippen LogP contribution < -0.4 is 0 Å². The van der Waals surface area contributed by atoms with Crippen LogP contribution >= 0.6 is 0 Å². The van der Waals surface area contributed by atoms with Crippen LogP contribution in [0.4, 0.5) is 4.39 Å². The Balaban J connectivity index is 1.75. The van der Waals surface area contributed by atoms with E-state index in [-0.39, 0.29) is 11.9 Å². The molecule has 0 saturated carbocycles. The minimum absolute atomic E-state index is 0.0293. The molecule has 128 valence electrons. The van der Waals surface area contributed by atoms with Gasteiger partial charge in [0.05, 0.1) is 0 Å². The van der Waals surface area contributed by atoms with Crippen molar-refractivity contribution in [2.24, 2.45) is 5.92 Å². The largest absolute Gasteiger partial charge is 0.297 e. The molecule has 0 aliphatic carbocycles. The second kappa shape index (κ2) is 6.47. The highest BCUT2D eigenvalue weighted by molar-refractivity contribution is 7.86. The Labute approximate surface area is 137 Å². The van der Waals surface area contributed by atoms with Crippen LogP contribution in [-0.2, 0) is 16.8 Å². The van der Waals surface area contributed by atoms with Gasteiger partial charge in [0.1, 0.15) is 5.82 Å². The molecular formula is C16H24FN3O2S. The van der Waals surface area contributed by atoms with Crippen molar-refractivity contribution in [2.45, 2.75) is 25.4 Å². The fourth-order valence-corrected chi connectivity index (χ4v) is 4.97. The zero-order valence-electron chi connectivity index (χ0n) is 13.7. The van der Waals surface area contributed by atoms with Gasteiger partial charge in [0.2, 0.25) is 0 Å². The number of hydrogen-bond donors (Lipinski definition) is 0. The lowest BCUT2D eigenvalue weighted by Gasteiger charge is -2.36. The Morgan fingerprint density at radius 2 is 1.83 bits per heavy atom. The number of benzene rings is 1. The molecule has 2 bridgehead atoms. The van der Waals surface area contributed by atoms with Gasteiger partial charge in [-0.15, -0.1) is 0 Å². The molecule has 2 atom stereocenters. The summed E-state index contributed by atoms with van der Waals surface area (Å²) in [6.07, 6.45) is 1.99. The number of hydrogen-bond acceptors (Lipinski definition) is 3. The van der Waals surface area contributed by atoms with E-state index in [0.29, 0.717) is 12.5 Å². The summed E-state index contributed by atoms with van der Waals surface area (Å²) in [5, 5.41) is 0. The molecule has 3 saturated heterocycles. The molecule has 0 amide bonds. The van der Waals surface area contributed by atoms with Crippen molar-refractivity contribution >= 4 is 10.2 Å². The molecule has 1 aromatic carbocycles. The van der Waals surface area contributed by atoms with E-state index in [1.54, 1.807) is 30.5 Å². The van der Waals surface area contributed by atoms with Crippen molar-refractivity contribution < 1.29 is 12.8 Å². The van der Waals surface area contributed by atoms with Gasteiger partial charge in [0.15, 0.2) is 0 Å². The number of rotatable bonds is 4. The first-order valence-electron chi connectivity index (χ1n) is 8.02. The zero-order chi connectivity index (χ0) is 16.6. The fraction of sp³-hybridized carbons (Fsp3) is 0.625. The van der Waals surface area contributed by atoms with Crippen molar-refractivity contribution in [2.75, 3.05) is 33.7 Å². The van der Waals surface area contributed by atoms with E-state index in [0.717, 1.165) is 38.0 Å². The van der Waals surface area contributed by atoms with Gasteiger partial charge in [-0.3, -0.25) is 4.90 Å². The molecular weight excluding hydrogens is 317 g/mol. The quantitative estimate of drug-likeness (QED) is 0.834. The second-order valence-electron chi connectivity index (χ2n) is 6.78. The first-order valence-corrected chi connectivity index (χ1v) is 9.42. The molecule has 1 aromatic rings. The van der Waals surface area contributed by atoms with E-state index >= 15 is 0 Å². The van der Waals surface area contributed by atoms with Gasteiger partial charge in [-0.2, -0.15) is 17.0 Å². The van der Waals surface area contributed by atoms with Crippen LogP contribution in [0.3, 0.4) is 0 Å². The zero-order valence-corrected chi connectivity index (χ0v) is 14.5. The first kappa shape index (κ1) is 16.8. The third-order valence-electron chi connectivity index (χ3n) is 4.82. The van der Waals surface area contributed by atoms with E-state index in [1.807, 2.05) is 0 Å². The third kappa shape index (κ3) is 3.57. The van der Waals surface area contributed by atoms with Crippen molar-refractivity contribution in [3.8, 4) is 0 Å². The standard InChI is InChI=1S/C16H24FN3O2S/c1-18(2)23(21,22)20-11-14-5-8-16(20)12-19(10-14)9-13-3-6-15(17)7-4-13/h3-4,6-7,14,16H,5,8-12H2,1-2H3/t14-,16+/m0/s1. The van der Waals surface area contributed by atoms with Crippen LogP contribution in [0, 0.1) is 11.7 Å². The Morgan fingerprint density at radius 3 is 2.48 bits per heavy atom. The molecule has 3 aliphatic rings. The lowest BCUT2D eigenvalue weighted by atomic mass is 9.97. The van der Waals surface area contributed by atoms with Gasteiger partial charge >= 0.3 is 0 Å². The Bertz CT molecular complexity index is 648. The number of piperidine rings is 1.